The number of nitrogens with one attached hydrogen (secondary N) is 2. The zero-order valence-electron chi connectivity index (χ0n) is 9.35. The van der Waals surface area contributed by atoms with E-state index < -0.39 is 0 Å². The highest BCUT2D eigenvalue weighted by Gasteiger charge is 2.17. The molecule has 0 unspecified atom stereocenters. The van der Waals surface area contributed by atoms with E-state index in [1.165, 1.54) is 0 Å². The van der Waals surface area contributed by atoms with Crippen molar-refractivity contribution in [2.24, 2.45) is 5.84 Å². The number of ether oxygens (including phenoxy) is 1. The van der Waals surface area contributed by atoms with Crippen LogP contribution >= 0.6 is 0 Å². The Balaban J connectivity index is 1.93. The van der Waals surface area contributed by atoms with Crippen LogP contribution in [0.3, 0.4) is 0 Å². The maximum Gasteiger partial charge on any atom is 0.272 e. The highest BCUT2D eigenvalue weighted by atomic mass is 16.5. The molecule has 0 spiro atoms. The van der Waals surface area contributed by atoms with Crippen LogP contribution in [0.25, 0.3) is 0 Å². The number of hydrazine groups is 1. The number of anilines is 1. The minimum Gasteiger partial charge on any atom is -0.381 e. The second-order valence-electron chi connectivity index (χ2n) is 3.81. The number of carbonyl (C=O) groups is 1. The molecule has 1 aliphatic heterocycles. The molecule has 7 heteroatoms. The molecule has 1 aromatic rings. The Kier molecular flexibility index (Phi) is 3.84. The monoisotopic (exact) mass is 237 g/mol. The molecule has 17 heavy (non-hydrogen) atoms. The maximum absolute atomic E-state index is 11.8. The van der Waals surface area contributed by atoms with Crippen molar-refractivity contribution in [1.82, 2.24) is 15.5 Å². The predicted octanol–water partition coefficient (Wildman–Crippen LogP) is -0.329. The molecule has 1 amide bonds. The van der Waals surface area contributed by atoms with Gasteiger partial charge < -0.3 is 15.5 Å². The second kappa shape index (κ2) is 5.55. The smallest absolute Gasteiger partial charge is 0.272 e. The molecule has 1 saturated heterocycles. The average molecular weight is 237 g/mol. The Morgan fingerprint density at radius 2 is 2.12 bits per heavy atom. The molecule has 0 bridgehead atoms. The van der Waals surface area contributed by atoms with Crippen molar-refractivity contribution < 1.29 is 9.53 Å². The molecule has 1 aliphatic rings. The lowest BCUT2D eigenvalue weighted by atomic mass is 10.1. The highest BCUT2D eigenvalue weighted by Crippen LogP contribution is 2.07. The van der Waals surface area contributed by atoms with Crippen LogP contribution in [-0.4, -0.2) is 35.4 Å². The second-order valence-corrected chi connectivity index (χ2v) is 3.81. The fraction of sp³-hybridized carbons (Fsp3) is 0.500. The predicted molar refractivity (Wildman–Crippen MR) is 61.1 cm³/mol. The number of nitrogens with zero attached hydrogens (tertiary/aromatic N) is 2. The lowest BCUT2D eigenvalue weighted by Crippen LogP contribution is -2.39. The van der Waals surface area contributed by atoms with E-state index in [2.05, 4.69) is 20.9 Å². The Morgan fingerprint density at radius 3 is 2.71 bits per heavy atom. The van der Waals surface area contributed by atoms with E-state index in [1.807, 2.05) is 0 Å². The number of nitrogens with two attached hydrogens (primary N) is 1. The number of hydrogen-bond acceptors (Lipinski definition) is 6. The van der Waals surface area contributed by atoms with E-state index in [0.717, 1.165) is 12.8 Å². The van der Waals surface area contributed by atoms with Gasteiger partial charge in [-0.15, -0.1) is 10.2 Å². The topological polar surface area (TPSA) is 102 Å². The van der Waals surface area contributed by atoms with Crippen LogP contribution in [0, 0.1) is 0 Å². The fourth-order valence-electron chi connectivity index (χ4n) is 1.63. The van der Waals surface area contributed by atoms with Crippen LogP contribution in [-0.2, 0) is 4.74 Å². The Hall–Kier alpha value is -1.73. The minimum atomic E-state index is -0.215. The summed E-state index contributed by atoms with van der Waals surface area (Å²) >= 11 is 0. The number of hydrogen-bond donors (Lipinski definition) is 3. The van der Waals surface area contributed by atoms with Crippen LogP contribution in [0.1, 0.15) is 23.3 Å². The van der Waals surface area contributed by atoms with Gasteiger partial charge in [0.05, 0.1) is 0 Å². The van der Waals surface area contributed by atoms with Crippen molar-refractivity contribution >= 4 is 11.7 Å². The van der Waals surface area contributed by atoms with Gasteiger partial charge in [0, 0.05) is 19.3 Å². The van der Waals surface area contributed by atoms with E-state index in [9.17, 15) is 4.79 Å². The fourth-order valence-corrected chi connectivity index (χ4v) is 1.63. The first-order valence-electron chi connectivity index (χ1n) is 5.48. The van der Waals surface area contributed by atoms with Crippen LogP contribution in [0.2, 0.25) is 0 Å². The van der Waals surface area contributed by atoms with Crippen LogP contribution < -0.4 is 16.6 Å². The van der Waals surface area contributed by atoms with Crippen molar-refractivity contribution in [2.45, 2.75) is 18.9 Å². The van der Waals surface area contributed by atoms with Gasteiger partial charge in [-0.3, -0.25) is 4.79 Å². The van der Waals surface area contributed by atoms with Gasteiger partial charge in [-0.05, 0) is 25.0 Å². The molecule has 4 N–H and O–H groups in total. The van der Waals surface area contributed by atoms with Gasteiger partial charge in [0.15, 0.2) is 11.5 Å². The summed E-state index contributed by atoms with van der Waals surface area (Å²) in [5, 5.41) is 10.4. The molecule has 92 valence electrons. The first-order valence-corrected chi connectivity index (χ1v) is 5.48. The molecule has 2 rings (SSSR count). The molecular weight excluding hydrogens is 222 g/mol. The van der Waals surface area contributed by atoms with Crippen LogP contribution in [0.15, 0.2) is 12.1 Å². The van der Waals surface area contributed by atoms with E-state index in [4.69, 9.17) is 10.6 Å². The molecule has 0 aliphatic carbocycles. The summed E-state index contributed by atoms with van der Waals surface area (Å²) in [7, 11) is 0. The zero-order chi connectivity index (χ0) is 12.1. The summed E-state index contributed by atoms with van der Waals surface area (Å²) in [6.45, 7) is 1.37. The first-order chi connectivity index (χ1) is 8.29. The zero-order valence-corrected chi connectivity index (χ0v) is 9.35. The van der Waals surface area contributed by atoms with Crippen LogP contribution in [0.5, 0.6) is 0 Å². The van der Waals surface area contributed by atoms with Gasteiger partial charge in [0.1, 0.15) is 0 Å². The molecule has 1 aromatic heterocycles. The number of carbonyl (C=O) groups excluding carboxylic acids is 1. The molecule has 7 nitrogen and oxygen atoms in total. The molecule has 1 fully saturated rings. The Labute approximate surface area is 98.7 Å². The molecule has 0 aromatic carbocycles. The summed E-state index contributed by atoms with van der Waals surface area (Å²) in [6.07, 6.45) is 1.67. The third-order valence-corrected chi connectivity index (χ3v) is 2.60. The molecule has 0 saturated carbocycles. The number of nitrogen functional groups attached to an aromatic ring is 1. The molecular formula is C10H15N5O2. The number of rotatable bonds is 3. The Bertz CT molecular complexity index is 375. The summed E-state index contributed by atoms with van der Waals surface area (Å²) in [5.41, 5.74) is 2.64. The first kappa shape index (κ1) is 11.7. The van der Waals surface area contributed by atoms with Crippen LogP contribution in [0.4, 0.5) is 5.82 Å². The third-order valence-electron chi connectivity index (χ3n) is 2.60. The van der Waals surface area contributed by atoms with Crippen molar-refractivity contribution in [1.29, 1.82) is 0 Å². The lowest BCUT2D eigenvalue weighted by molar-refractivity contribution is 0.0693. The average Bonchev–Trinajstić information content (AvgIpc) is 2.40. The summed E-state index contributed by atoms with van der Waals surface area (Å²) < 4.78 is 5.22. The van der Waals surface area contributed by atoms with Gasteiger partial charge in [-0.25, -0.2) is 5.84 Å². The largest absolute Gasteiger partial charge is 0.381 e. The van der Waals surface area contributed by atoms with Crippen molar-refractivity contribution in [3.63, 3.8) is 0 Å². The number of aromatic nitrogens is 2. The molecule has 2 heterocycles. The van der Waals surface area contributed by atoms with E-state index in [-0.39, 0.29) is 17.6 Å². The third kappa shape index (κ3) is 3.11. The quantitative estimate of drug-likeness (QED) is 0.491. The van der Waals surface area contributed by atoms with Crippen molar-refractivity contribution in [3.05, 3.63) is 17.8 Å². The Morgan fingerprint density at radius 1 is 1.35 bits per heavy atom. The van der Waals surface area contributed by atoms with E-state index >= 15 is 0 Å². The van der Waals surface area contributed by atoms with Gasteiger partial charge in [0.25, 0.3) is 5.91 Å². The lowest BCUT2D eigenvalue weighted by Gasteiger charge is -2.22. The van der Waals surface area contributed by atoms with Gasteiger partial charge in [0.2, 0.25) is 0 Å². The number of amides is 1. The summed E-state index contributed by atoms with van der Waals surface area (Å²) in [6, 6.07) is 3.34. The van der Waals surface area contributed by atoms with Crippen molar-refractivity contribution in [2.75, 3.05) is 18.6 Å². The molecule has 0 radical (unpaired) electrons. The summed E-state index contributed by atoms with van der Waals surface area (Å²) in [4.78, 5) is 11.8. The van der Waals surface area contributed by atoms with Gasteiger partial charge in [-0.2, -0.15) is 0 Å². The molecule has 0 atom stereocenters. The SMILES string of the molecule is NNc1ccc(C(=O)NC2CCOCC2)nn1. The maximum atomic E-state index is 11.8. The standard InChI is InChI=1S/C10H15N5O2/c11-13-9-2-1-8(14-15-9)10(16)12-7-3-5-17-6-4-7/h1-2,7H,3-6,11H2,(H,12,16)(H,13,15). The van der Waals surface area contributed by atoms with Gasteiger partial charge >= 0.3 is 0 Å². The summed E-state index contributed by atoms with van der Waals surface area (Å²) in [5.74, 6) is 5.37. The van der Waals surface area contributed by atoms with Crippen molar-refractivity contribution in [3.8, 4) is 0 Å². The van der Waals surface area contributed by atoms with E-state index in [0.29, 0.717) is 19.0 Å². The normalized spacial score (nSPS) is 16.5. The minimum absolute atomic E-state index is 0.158. The van der Waals surface area contributed by atoms with Gasteiger partial charge in [-0.1, -0.05) is 0 Å². The highest BCUT2D eigenvalue weighted by molar-refractivity contribution is 5.92. The van der Waals surface area contributed by atoms with E-state index in [1.54, 1.807) is 12.1 Å².